The first kappa shape index (κ1) is 12.8. The Morgan fingerprint density at radius 1 is 1.25 bits per heavy atom. The van der Waals surface area contributed by atoms with Crippen LogP contribution in [-0.4, -0.2) is 29.3 Å². The van der Waals surface area contributed by atoms with Gasteiger partial charge in [-0.25, -0.2) is 0 Å². The largest absolute Gasteiger partial charge is 0.297 e. The van der Waals surface area contributed by atoms with Crippen molar-refractivity contribution in [1.82, 2.24) is 4.90 Å². The smallest absolute Gasteiger partial charge is 0.00962 e. The van der Waals surface area contributed by atoms with E-state index in [-0.39, 0.29) is 0 Å². The Kier molecular flexibility index (Phi) is 4.23. The molecule has 2 heteroatoms. The number of hydrogen-bond donors (Lipinski definition) is 1. The maximum atomic E-state index is 4.64. The van der Waals surface area contributed by atoms with Crippen LogP contribution in [0.1, 0.15) is 58.8 Å². The van der Waals surface area contributed by atoms with Gasteiger partial charge in [0.1, 0.15) is 0 Å². The summed E-state index contributed by atoms with van der Waals surface area (Å²) in [6, 6.07) is 1.66. The minimum absolute atomic E-state index is 0.551. The highest BCUT2D eigenvalue weighted by atomic mass is 32.1. The van der Waals surface area contributed by atoms with Crippen LogP contribution >= 0.6 is 12.6 Å². The molecule has 0 aromatic heterocycles. The van der Waals surface area contributed by atoms with Crippen molar-refractivity contribution >= 4 is 12.6 Å². The molecule has 2 fully saturated rings. The lowest BCUT2D eigenvalue weighted by Crippen LogP contribution is -2.43. The van der Waals surface area contributed by atoms with E-state index in [1.807, 2.05) is 0 Å². The Morgan fingerprint density at radius 2 is 1.94 bits per heavy atom. The lowest BCUT2D eigenvalue weighted by Gasteiger charge is -2.37. The zero-order valence-corrected chi connectivity index (χ0v) is 11.8. The van der Waals surface area contributed by atoms with Gasteiger partial charge in [0.2, 0.25) is 0 Å². The third-order valence-electron chi connectivity index (χ3n) is 4.94. The zero-order valence-electron chi connectivity index (χ0n) is 10.9. The summed E-state index contributed by atoms with van der Waals surface area (Å²) < 4.78 is 0. The number of hydrogen-bond acceptors (Lipinski definition) is 2. The van der Waals surface area contributed by atoms with Crippen molar-refractivity contribution in [2.45, 2.75) is 70.9 Å². The molecule has 0 radical (unpaired) electrons. The van der Waals surface area contributed by atoms with Crippen LogP contribution in [0.5, 0.6) is 0 Å². The van der Waals surface area contributed by atoms with Crippen molar-refractivity contribution in [3.05, 3.63) is 0 Å². The Hall–Kier alpha value is 0.310. The molecule has 16 heavy (non-hydrogen) atoms. The van der Waals surface area contributed by atoms with E-state index in [0.29, 0.717) is 5.41 Å². The van der Waals surface area contributed by atoms with Crippen molar-refractivity contribution in [3.63, 3.8) is 0 Å². The maximum absolute atomic E-state index is 4.64. The molecule has 0 aromatic rings. The lowest BCUT2D eigenvalue weighted by atomic mass is 9.87. The molecule has 1 aliphatic heterocycles. The predicted molar refractivity (Wildman–Crippen MR) is 74.2 cm³/mol. The minimum atomic E-state index is 0.551. The molecule has 2 unspecified atom stereocenters. The fourth-order valence-corrected chi connectivity index (χ4v) is 4.14. The van der Waals surface area contributed by atoms with Gasteiger partial charge >= 0.3 is 0 Å². The van der Waals surface area contributed by atoms with E-state index in [4.69, 9.17) is 0 Å². The monoisotopic (exact) mass is 241 g/mol. The molecule has 1 heterocycles. The summed E-state index contributed by atoms with van der Waals surface area (Å²) in [6.45, 7) is 6.07. The first-order chi connectivity index (χ1) is 7.71. The third kappa shape index (κ3) is 2.43. The van der Waals surface area contributed by atoms with E-state index in [1.165, 1.54) is 51.5 Å². The first-order valence-electron chi connectivity index (χ1n) is 7.07. The fourth-order valence-electron chi connectivity index (χ4n) is 3.73. The molecule has 0 bridgehead atoms. The molecule has 0 amide bonds. The highest BCUT2D eigenvalue weighted by Crippen LogP contribution is 2.42. The summed E-state index contributed by atoms with van der Waals surface area (Å²) >= 11 is 4.64. The van der Waals surface area contributed by atoms with Crippen molar-refractivity contribution < 1.29 is 0 Å². The van der Waals surface area contributed by atoms with Crippen LogP contribution in [0.15, 0.2) is 0 Å². The maximum Gasteiger partial charge on any atom is 0.00962 e. The van der Waals surface area contributed by atoms with E-state index in [1.54, 1.807) is 0 Å². The fraction of sp³-hybridized carbons (Fsp3) is 1.00. The molecular weight excluding hydrogens is 214 g/mol. The lowest BCUT2D eigenvalue weighted by molar-refractivity contribution is 0.124. The SMILES string of the molecule is CCC1CCC(C)N1CC1(CS)CCCC1. The summed E-state index contributed by atoms with van der Waals surface area (Å²) in [5.41, 5.74) is 0.551. The summed E-state index contributed by atoms with van der Waals surface area (Å²) in [5, 5.41) is 0. The Balaban J connectivity index is 2.01. The topological polar surface area (TPSA) is 3.24 Å². The van der Waals surface area contributed by atoms with Crippen LogP contribution in [0.3, 0.4) is 0 Å². The normalized spacial score (nSPS) is 34.7. The molecule has 2 aliphatic rings. The van der Waals surface area contributed by atoms with Crippen molar-refractivity contribution in [3.8, 4) is 0 Å². The van der Waals surface area contributed by atoms with Gasteiger partial charge in [-0.1, -0.05) is 19.8 Å². The molecular formula is C14H27NS. The average Bonchev–Trinajstić information content (AvgIpc) is 2.89. The van der Waals surface area contributed by atoms with Crippen LogP contribution in [0.2, 0.25) is 0 Å². The Bertz CT molecular complexity index is 223. The van der Waals surface area contributed by atoms with E-state index in [2.05, 4.69) is 31.4 Å². The van der Waals surface area contributed by atoms with Crippen molar-refractivity contribution in [1.29, 1.82) is 0 Å². The Labute approximate surface area is 106 Å². The molecule has 1 saturated carbocycles. The van der Waals surface area contributed by atoms with Gasteiger partial charge in [0.15, 0.2) is 0 Å². The highest BCUT2D eigenvalue weighted by molar-refractivity contribution is 7.80. The van der Waals surface area contributed by atoms with Gasteiger partial charge in [-0.3, -0.25) is 4.90 Å². The molecule has 1 aliphatic carbocycles. The second-order valence-corrected chi connectivity index (χ2v) is 6.34. The van der Waals surface area contributed by atoms with E-state index in [0.717, 1.165) is 17.8 Å². The zero-order chi connectivity index (χ0) is 11.6. The molecule has 94 valence electrons. The van der Waals surface area contributed by atoms with Gasteiger partial charge in [0.25, 0.3) is 0 Å². The second-order valence-electron chi connectivity index (χ2n) is 6.03. The molecule has 2 rings (SSSR count). The number of likely N-dealkylation sites (tertiary alicyclic amines) is 1. The van der Waals surface area contributed by atoms with E-state index in [9.17, 15) is 0 Å². The average molecular weight is 241 g/mol. The highest BCUT2D eigenvalue weighted by Gasteiger charge is 2.39. The molecule has 0 N–H and O–H groups in total. The molecule has 1 nitrogen and oxygen atoms in total. The third-order valence-corrected chi connectivity index (χ3v) is 5.61. The van der Waals surface area contributed by atoms with Gasteiger partial charge in [-0.15, -0.1) is 0 Å². The first-order valence-corrected chi connectivity index (χ1v) is 7.70. The standard InChI is InChI=1S/C14H27NS/c1-3-13-7-6-12(2)15(13)10-14(11-16)8-4-5-9-14/h12-13,16H,3-11H2,1-2H3. The summed E-state index contributed by atoms with van der Waals surface area (Å²) in [5.74, 6) is 1.09. The molecule has 1 saturated heterocycles. The summed E-state index contributed by atoms with van der Waals surface area (Å²) in [6.07, 6.45) is 9.83. The van der Waals surface area contributed by atoms with Crippen LogP contribution in [0, 0.1) is 5.41 Å². The summed E-state index contributed by atoms with van der Waals surface area (Å²) in [7, 11) is 0. The van der Waals surface area contributed by atoms with Gasteiger partial charge in [-0.05, 0) is 50.2 Å². The predicted octanol–water partition coefficient (Wildman–Crippen LogP) is 3.74. The second kappa shape index (κ2) is 5.30. The molecule has 0 spiro atoms. The Morgan fingerprint density at radius 3 is 2.50 bits per heavy atom. The van der Waals surface area contributed by atoms with Crippen LogP contribution < -0.4 is 0 Å². The van der Waals surface area contributed by atoms with Gasteiger partial charge in [0, 0.05) is 18.6 Å². The van der Waals surface area contributed by atoms with Gasteiger partial charge in [0.05, 0.1) is 0 Å². The molecule has 0 aromatic carbocycles. The van der Waals surface area contributed by atoms with Gasteiger partial charge < -0.3 is 0 Å². The number of rotatable bonds is 4. The van der Waals surface area contributed by atoms with Gasteiger partial charge in [-0.2, -0.15) is 12.6 Å². The number of thiol groups is 1. The van der Waals surface area contributed by atoms with Crippen LogP contribution in [-0.2, 0) is 0 Å². The molecule has 2 atom stereocenters. The van der Waals surface area contributed by atoms with Crippen molar-refractivity contribution in [2.24, 2.45) is 5.41 Å². The summed E-state index contributed by atoms with van der Waals surface area (Å²) in [4.78, 5) is 2.79. The van der Waals surface area contributed by atoms with Crippen LogP contribution in [0.4, 0.5) is 0 Å². The van der Waals surface area contributed by atoms with Crippen molar-refractivity contribution in [2.75, 3.05) is 12.3 Å². The van der Waals surface area contributed by atoms with E-state index < -0.39 is 0 Å². The number of nitrogens with zero attached hydrogens (tertiary/aromatic N) is 1. The quantitative estimate of drug-likeness (QED) is 0.734. The minimum Gasteiger partial charge on any atom is -0.297 e. The van der Waals surface area contributed by atoms with Crippen LogP contribution in [0.25, 0.3) is 0 Å². The van der Waals surface area contributed by atoms with E-state index >= 15 is 0 Å².